The van der Waals surface area contributed by atoms with E-state index in [9.17, 15) is 9.59 Å². The SMILES string of the molecule is CC(=O)OC1C(=O)C=C(C)CC1(C)C. The van der Waals surface area contributed by atoms with Gasteiger partial charge in [0, 0.05) is 12.3 Å². The van der Waals surface area contributed by atoms with Crippen molar-refractivity contribution in [1.29, 1.82) is 0 Å². The first-order chi connectivity index (χ1) is 6.33. The van der Waals surface area contributed by atoms with Crippen molar-refractivity contribution in [2.75, 3.05) is 0 Å². The number of hydrogen-bond acceptors (Lipinski definition) is 3. The van der Waals surface area contributed by atoms with Gasteiger partial charge in [-0.2, -0.15) is 0 Å². The fourth-order valence-electron chi connectivity index (χ4n) is 1.95. The van der Waals surface area contributed by atoms with Crippen LogP contribution in [-0.2, 0) is 14.3 Å². The Morgan fingerprint density at radius 2 is 2.14 bits per heavy atom. The predicted octanol–water partition coefficient (Wildman–Crippen LogP) is 1.86. The van der Waals surface area contributed by atoms with E-state index in [4.69, 9.17) is 4.74 Å². The molecular weight excluding hydrogens is 180 g/mol. The predicted molar refractivity (Wildman–Crippen MR) is 52.7 cm³/mol. The van der Waals surface area contributed by atoms with Crippen LogP contribution in [0.1, 0.15) is 34.1 Å². The Balaban J connectivity index is 2.92. The number of ether oxygens (including phenoxy) is 1. The monoisotopic (exact) mass is 196 g/mol. The second-order valence-electron chi connectivity index (χ2n) is 4.55. The van der Waals surface area contributed by atoms with E-state index in [0.717, 1.165) is 12.0 Å². The average molecular weight is 196 g/mol. The van der Waals surface area contributed by atoms with Crippen molar-refractivity contribution in [3.05, 3.63) is 11.6 Å². The zero-order valence-electron chi connectivity index (χ0n) is 9.09. The molecule has 0 aliphatic heterocycles. The van der Waals surface area contributed by atoms with Crippen LogP contribution >= 0.6 is 0 Å². The highest BCUT2D eigenvalue weighted by atomic mass is 16.5. The molecule has 0 heterocycles. The van der Waals surface area contributed by atoms with E-state index in [1.54, 1.807) is 6.08 Å². The maximum atomic E-state index is 11.6. The van der Waals surface area contributed by atoms with Gasteiger partial charge in [0.1, 0.15) is 0 Å². The van der Waals surface area contributed by atoms with Crippen molar-refractivity contribution in [3.8, 4) is 0 Å². The fourth-order valence-corrected chi connectivity index (χ4v) is 1.95. The van der Waals surface area contributed by atoms with E-state index < -0.39 is 12.1 Å². The molecule has 0 aromatic carbocycles. The third-order valence-electron chi connectivity index (χ3n) is 2.38. The molecule has 1 atom stereocenters. The van der Waals surface area contributed by atoms with Crippen molar-refractivity contribution < 1.29 is 14.3 Å². The van der Waals surface area contributed by atoms with Crippen LogP contribution < -0.4 is 0 Å². The van der Waals surface area contributed by atoms with Crippen LogP contribution in [0.25, 0.3) is 0 Å². The Kier molecular flexibility index (Phi) is 2.79. The number of carbonyl (C=O) groups is 2. The molecule has 0 N–H and O–H groups in total. The molecule has 1 rings (SSSR count). The van der Waals surface area contributed by atoms with Gasteiger partial charge < -0.3 is 4.74 Å². The van der Waals surface area contributed by atoms with Gasteiger partial charge in [0.15, 0.2) is 11.9 Å². The van der Waals surface area contributed by atoms with Crippen LogP contribution in [0, 0.1) is 5.41 Å². The lowest BCUT2D eigenvalue weighted by atomic mass is 9.74. The Morgan fingerprint density at radius 1 is 1.57 bits per heavy atom. The molecule has 1 aliphatic rings. The van der Waals surface area contributed by atoms with E-state index in [1.807, 2.05) is 20.8 Å². The largest absolute Gasteiger partial charge is 0.454 e. The summed E-state index contributed by atoms with van der Waals surface area (Å²) in [4.78, 5) is 22.4. The topological polar surface area (TPSA) is 43.4 Å². The van der Waals surface area contributed by atoms with Gasteiger partial charge in [0.25, 0.3) is 0 Å². The third kappa shape index (κ3) is 2.22. The first-order valence-electron chi connectivity index (χ1n) is 4.71. The molecule has 0 spiro atoms. The smallest absolute Gasteiger partial charge is 0.303 e. The number of esters is 1. The summed E-state index contributed by atoms with van der Waals surface area (Å²) in [6.07, 6.45) is 1.74. The average Bonchev–Trinajstić information content (AvgIpc) is 1.95. The van der Waals surface area contributed by atoms with Gasteiger partial charge >= 0.3 is 5.97 Å². The minimum absolute atomic E-state index is 0.103. The minimum atomic E-state index is -0.622. The summed E-state index contributed by atoms with van der Waals surface area (Å²) in [5.74, 6) is -0.502. The summed E-state index contributed by atoms with van der Waals surface area (Å²) in [5.41, 5.74) is 0.755. The molecule has 0 saturated carbocycles. The lowest BCUT2D eigenvalue weighted by Crippen LogP contribution is -2.42. The molecule has 3 nitrogen and oxygen atoms in total. The lowest BCUT2D eigenvalue weighted by Gasteiger charge is -2.35. The first-order valence-corrected chi connectivity index (χ1v) is 4.71. The number of ketones is 1. The van der Waals surface area contributed by atoms with Crippen molar-refractivity contribution >= 4 is 11.8 Å². The summed E-state index contributed by atoms with van der Waals surface area (Å²) in [5, 5.41) is 0. The van der Waals surface area contributed by atoms with E-state index in [0.29, 0.717) is 0 Å². The molecule has 78 valence electrons. The zero-order valence-corrected chi connectivity index (χ0v) is 9.09. The van der Waals surface area contributed by atoms with Crippen molar-refractivity contribution in [1.82, 2.24) is 0 Å². The molecule has 0 aromatic rings. The maximum Gasteiger partial charge on any atom is 0.303 e. The normalized spacial score (nSPS) is 25.6. The molecule has 0 radical (unpaired) electrons. The Hall–Kier alpha value is -1.12. The quantitative estimate of drug-likeness (QED) is 0.601. The van der Waals surface area contributed by atoms with E-state index >= 15 is 0 Å². The zero-order chi connectivity index (χ0) is 10.9. The van der Waals surface area contributed by atoms with Gasteiger partial charge in [-0.15, -0.1) is 0 Å². The van der Waals surface area contributed by atoms with Gasteiger partial charge in [-0.05, 0) is 19.4 Å². The summed E-state index contributed by atoms with van der Waals surface area (Å²) in [6, 6.07) is 0. The highest BCUT2D eigenvalue weighted by molar-refractivity contribution is 5.96. The highest BCUT2D eigenvalue weighted by Gasteiger charge is 2.39. The maximum absolute atomic E-state index is 11.6. The summed E-state index contributed by atoms with van der Waals surface area (Å²) < 4.78 is 5.03. The van der Waals surface area contributed by atoms with Gasteiger partial charge in [-0.3, -0.25) is 9.59 Å². The van der Waals surface area contributed by atoms with E-state index in [-0.39, 0.29) is 11.2 Å². The third-order valence-corrected chi connectivity index (χ3v) is 2.38. The number of hydrogen-bond donors (Lipinski definition) is 0. The second-order valence-corrected chi connectivity index (χ2v) is 4.55. The van der Waals surface area contributed by atoms with Crippen LogP contribution in [0.3, 0.4) is 0 Å². The number of allylic oxidation sites excluding steroid dienone is 1. The molecule has 1 aliphatic carbocycles. The molecule has 0 bridgehead atoms. The second kappa shape index (κ2) is 3.56. The van der Waals surface area contributed by atoms with Crippen LogP contribution in [0.2, 0.25) is 0 Å². The summed E-state index contributed by atoms with van der Waals surface area (Å²) in [6.45, 7) is 7.13. The van der Waals surface area contributed by atoms with Crippen LogP contribution in [0.4, 0.5) is 0 Å². The minimum Gasteiger partial charge on any atom is -0.454 e. The molecule has 0 saturated heterocycles. The van der Waals surface area contributed by atoms with Gasteiger partial charge in [0.2, 0.25) is 0 Å². The molecule has 0 fully saturated rings. The molecular formula is C11H16O3. The van der Waals surface area contributed by atoms with E-state index in [2.05, 4.69) is 0 Å². The molecule has 3 heteroatoms. The highest BCUT2D eigenvalue weighted by Crippen LogP contribution is 2.35. The van der Waals surface area contributed by atoms with Crippen molar-refractivity contribution in [2.24, 2.45) is 5.41 Å². The van der Waals surface area contributed by atoms with E-state index in [1.165, 1.54) is 6.92 Å². The van der Waals surface area contributed by atoms with Gasteiger partial charge in [-0.1, -0.05) is 19.4 Å². The van der Waals surface area contributed by atoms with Crippen molar-refractivity contribution in [2.45, 2.75) is 40.2 Å². The fraction of sp³-hybridized carbons (Fsp3) is 0.636. The standard InChI is InChI=1S/C11H16O3/c1-7-5-9(13)10(14-8(2)12)11(3,4)6-7/h5,10H,6H2,1-4H3. The Bertz CT molecular complexity index is 300. The van der Waals surface area contributed by atoms with Gasteiger partial charge in [0.05, 0.1) is 0 Å². The molecule has 0 amide bonds. The number of rotatable bonds is 1. The molecule has 1 unspecified atom stereocenters. The Labute approximate surface area is 84.1 Å². The first kappa shape index (κ1) is 11.0. The lowest BCUT2D eigenvalue weighted by molar-refractivity contribution is -0.159. The number of carbonyl (C=O) groups excluding carboxylic acids is 2. The summed E-state index contributed by atoms with van der Waals surface area (Å²) in [7, 11) is 0. The van der Waals surface area contributed by atoms with Crippen LogP contribution in [0.5, 0.6) is 0 Å². The molecule has 14 heavy (non-hydrogen) atoms. The van der Waals surface area contributed by atoms with Crippen LogP contribution in [-0.4, -0.2) is 17.9 Å². The molecule has 0 aromatic heterocycles. The van der Waals surface area contributed by atoms with Crippen molar-refractivity contribution in [3.63, 3.8) is 0 Å². The summed E-state index contributed by atoms with van der Waals surface area (Å²) >= 11 is 0. The Morgan fingerprint density at radius 3 is 2.57 bits per heavy atom. The van der Waals surface area contributed by atoms with Gasteiger partial charge in [-0.25, -0.2) is 0 Å². The van der Waals surface area contributed by atoms with Crippen LogP contribution in [0.15, 0.2) is 11.6 Å².